The second kappa shape index (κ2) is 4.58. The molecule has 0 aliphatic heterocycles. The van der Waals surface area contributed by atoms with Gasteiger partial charge >= 0.3 is 0 Å². The third-order valence-electron chi connectivity index (χ3n) is 2.93. The van der Waals surface area contributed by atoms with Crippen LogP contribution in [0.3, 0.4) is 0 Å². The lowest BCUT2D eigenvalue weighted by Gasteiger charge is -2.09. The van der Waals surface area contributed by atoms with E-state index in [1.54, 1.807) is 19.2 Å². The summed E-state index contributed by atoms with van der Waals surface area (Å²) in [7, 11) is 1.72. The molecule has 0 bridgehead atoms. The molecule has 0 fully saturated rings. The van der Waals surface area contributed by atoms with Gasteiger partial charge in [-0.1, -0.05) is 29.8 Å². The van der Waals surface area contributed by atoms with E-state index in [9.17, 15) is 4.39 Å². The van der Waals surface area contributed by atoms with Gasteiger partial charge in [0.25, 0.3) is 0 Å². The molecule has 2 aromatic carbocycles. The highest BCUT2D eigenvalue weighted by atomic mass is 19.1. The van der Waals surface area contributed by atoms with Crippen LogP contribution in [-0.4, -0.2) is 7.05 Å². The number of halogens is 1. The summed E-state index contributed by atoms with van der Waals surface area (Å²) in [5.74, 6) is -0.218. The Kier molecular flexibility index (Phi) is 3.14. The quantitative estimate of drug-likeness (QED) is 0.815. The monoisotopic (exact) mass is 229 g/mol. The normalized spacial score (nSPS) is 10.4. The first kappa shape index (κ1) is 11.6. The van der Waals surface area contributed by atoms with E-state index in [0.717, 1.165) is 11.1 Å². The minimum Gasteiger partial charge on any atom is -0.386 e. The summed E-state index contributed by atoms with van der Waals surface area (Å²) < 4.78 is 13.7. The van der Waals surface area contributed by atoms with Gasteiger partial charge in [-0.2, -0.15) is 0 Å². The second-order valence-electron chi connectivity index (χ2n) is 4.26. The molecule has 17 heavy (non-hydrogen) atoms. The lowest BCUT2D eigenvalue weighted by Crippen LogP contribution is -1.93. The van der Waals surface area contributed by atoms with E-state index in [-0.39, 0.29) is 5.82 Å². The van der Waals surface area contributed by atoms with Crippen LogP contribution < -0.4 is 5.32 Å². The van der Waals surface area contributed by atoms with Crippen molar-refractivity contribution in [2.75, 3.05) is 12.4 Å². The standard InChI is InChI=1S/C15H16FN/c1-10-4-6-13(11(2)8-10)12-5-7-15(17-3)14(16)9-12/h4-9,17H,1-3H3. The zero-order valence-electron chi connectivity index (χ0n) is 10.3. The fourth-order valence-corrected chi connectivity index (χ4v) is 2.02. The molecule has 2 rings (SSSR count). The van der Waals surface area contributed by atoms with Crippen LogP contribution in [0.1, 0.15) is 11.1 Å². The average Bonchev–Trinajstić information content (AvgIpc) is 2.29. The molecule has 88 valence electrons. The van der Waals surface area contributed by atoms with Crippen LogP contribution >= 0.6 is 0 Å². The SMILES string of the molecule is CNc1ccc(-c2ccc(C)cc2C)cc1F. The molecule has 0 unspecified atom stereocenters. The predicted octanol–water partition coefficient (Wildman–Crippen LogP) is 4.15. The molecular formula is C15H16FN. The summed E-state index contributed by atoms with van der Waals surface area (Å²) in [6.07, 6.45) is 0. The van der Waals surface area contributed by atoms with Gasteiger partial charge in [-0.3, -0.25) is 0 Å². The van der Waals surface area contributed by atoms with Crippen molar-refractivity contribution >= 4 is 5.69 Å². The fraction of sp³-hybridized carbons (Fsp3) is 0.200. The van der Waals surface area contributed by atoms with Crippen LogP contribution in [0.15, 0.2) is 36.4 Å². The van der Waals surface area contributed by atoms with E-state index >= 15 is 0 Å². The molecule has 2 aromatic rings. The highest BCUT2D eigenvalue weighted by Crippen LogP contribution is 2.27. The molecular weight excluding hydrogens is 213 g/mol. The summed E-state index contributed by atoms with van der Waals surface area (Å²) >= 11 is 0. The molecule has 2 heteroatoms. The number of anilines is 1. The Morgan fingerprint density at radius 3 is 2.35 bits per heavy atom. The number of hydrogen-bond donors (Lipinski definition) is 1. The Bertz CT molecular complexity index is 547. The molecule has 0 saturated heterocycles. The van der Waals surface area contributed by atoms with E-state index in [2.05, 4.69) is 18.3 Å². The Balaban J connectivity index is 2.50. The molecule has 1 nitrogen and oxygen atoms in total. The lowest BCUT2D eigenvalue weighted by molar-refractivity contribution is 0.632. The van der Waals surface area contributed by atoms with Gasteiger partial charge < -0.3 is 5.32 Å². The first-order valence-corrected chi connectivity index (χ1v) is 5.67. The van der Waals surface area contributed by atoms with Gasteiger partial charge in [-0.15, -0.1) is 0 Å². The average molecular weight is 229 g/mol. The van der Waals surface area contributed by atoms with Crippen LogP contribution in [0.25, 0.3) is 11.1 Å². The van der Waals surface area contributed by atoms with E-state index in [1.165, 1.54) is 11.1 Å². The molecule has 0 aromatic heterocycles. The maximum absolute atomic E-state index is 13.7. The molecule has 0 saturated carbocycles. The van der Waals surface area contributed by atoms with Gasteiger partial charge in [-0.25, -0.2) is 4.39 Å². The molecule has 1 N–H and O–H groups in total. The minimum absolute atomic E-state index is 0.218. The van der Waals surface area contributed by atoms with Crippen molar-refractivity contribution < 1.29 is 4.39 Å². The number of rotatable bonds is 2. The Morgan fingerprint density at radius 1 is 1.00 bits per heavy atom. The van der Waals surface area contributed by atoms with Crippen LogP contribution in [0.5, 0.6) is 0 Å². The van der Waals surface area contributed by atoms with E-state index in [4.69, 9.17) is 0 Å². The smallest absolute Gasteiger partial charge is 0.146 e. The van der Waals surface area contributed by atoms with Gasteiger partial charge in [0.2, 0.25) is 0 Å². The van der Waals surface area contributed by atoms with Gasteiger partial charge in [-0.05, 0) is 42.7 Å². The maximum Gasteiger partial charge on any atom is 0.146 e. The van der Waals surface area contributed by atoms with Gasteiger partial charge in [0, 0.05) is 7.05 Å². The molecule has 0 aliphatic rings. The van der Waals surface area contributed by atoms with Crippen molar-refractivity contribution in [1.82, 2.24) is 0 Å². The predicted molar refractivity (Wildman–Crippen MR) is 70.9 cm³/mol. The summed E-state index contributed by atoms with van der Waals surface area (Å²) in [6.45, 7) is 4.10. The van der Waals surface area contributed by atoms with Crippen LogP contribution in [-0.2, 0) is 0 Å². The van der Waals surface area contributed by atoms with Crippen LogP contribution in [0, 0.1) is 19.7 Å². The fourth-order valence-electron chi connectivity index (χ4n) is 2.02. The van der Waals surface area contributed by atoms with Crippen molar-refractivity contribution in [3.05, 3.63) is 53.3 Å². The molecule has 0 aliphatic carbocycles. The summed E-state index contributed by atoms with van der Waals surface area (Å²) in [5, 5.41) is 2.82. The summed E-state index contributed by atoms with van der Waals surface area (Å²) in [4.78, 5) is 0. The van der Waals surface area contributed by atoms with Crippen LogP contribution in [0.4, 0.5) is 10.1 Å². The van der Waals surface area contributed by atoms with Crippen molar-refractivity contribution in [3.8, 4) is 11.1 Å². The Hall–Kier alpha value is -1.83. The first-order chi connectivity index (χ1) is 8.11. The van der Waals surface area contributed by atoms with Gasteiger partial charge in [0.15, 0.2) is 0 Å². The van der Waals surface area contributed by atoms with E-state index < -0.39 is 0 Å². The van der Waals surface area contributed by atoms with Crippen molar-refractivity contribution in [2.24, 2.45) is 0 Å². The molecule has 0 heterocycles. The van der Waals surface area contributed by atoms with E-state index in [1.807, 2.05) is 25.1 Å². The van der Waals surface area contributed by atoms with Crippen molar-refractivity contribution in [3.63, 3.8) is 0 Å². The number of nitrogens with one attached hydrogen (secondary N) is 1. The number of aryl methyl sites for hydroxylation is 2. The molecule has 0 spiro atoms. The number of hydrogen-bond acceptors (Lipinski definition) is 1. The Morgan fingerprint density at radius 2 is 1.76 bits per heavy atom. The van der Waals surface area contributed by atoms with Gasteiger partial charge in [0.1, 0.15) is 5.82 Å². The first-order valence-electron chi connectivity index (χ1n) is 5.67. The molecule has 0 atom stereocenters. The number of benzene rings is 2. The third kappa shape index (κ3) is 2.31. The largest absolute Gasteiger partial charge is 0.386 e. The molecule has 0 amide bonds. The van der Waals surface area contributed by atoms with Crippen LogP contribution in [0.2, 0.25) is 0 Å². The highest BCUT2D eigenvalue weighted by Gasteiger charge is 2.06. The topological polar surface area (TPSA) is 12.0 Å². The zero-order chi connectivity index (χ0) is 12.4. The maximum atomic E-state index is 13.7. The third-order valence-corrected chi connectivity index (χ3v) is 2.93. The zero-order valence-corrected chi connectivity index (χ0v) is 10.3. The Labute approximate surface area is 101 Å². The van der Waals surface area contributed by atoms with Crippen molar-refractivity contribution in [2.45, 2.75) is 13.8 Å². The lowest BCUT2D eigenvalue weighted by atomic mass is 9.98. The highest BCUT2D eigenvalue weighted by molar-refractivity contribution is 5.69. The summed E-state index contributed by atoms with van der Waals surface area (Å²) in [5.41, 5.74) is 4.91. The van der Waals surface area contributed by atoms with Crippen molar-refractivity contribution in [1.29, 1.82) is 0 Å². The van der Waals surface area contributed by atoms with E-state index in [0.29, 0.717) is 5.69 Å². The minimum atomic E-state index is -0.218. The van der Waals surface area contributed by atoms with Gasteiger partial charge in [0.05, 0.1) is 5.69 Å². The summed E-state index contributed by atoms with van der Waals surface area (Å²) in [6, 6.07) is 11.5. The second-order valence-corrected chi connectivity index (χ2v) is 4.26. The molecule has 0 radical (unpaired) electrons.